The Morgan fingerprint density at radius 2 is 1.73 bits per heavy atom. The summed E-state index contributed by atoms with van der Waals surface area (Å²) in [6.07, 6.45) is 0. The third-order valence-electron chi connectivity index (χ3n) is 2.05. The van der Waals surface area contributed by atoms with Crippen LogP contribution in [0.3, 0.4) is 0 Å². The lowest BCUT2D eigenvalue weighted by atomic mass is 10.2. The van der Waals surface area contributed by atoms with Crippen molar-refractivity contribution in [1.82, 2.24) is 0 Å². The molecule has 1 aromatic heterocycles. The van der Waals surface area contributed by atoms with Gasteiger partial charge in [-0.05, 0) is 12.1 Å². The number of hydrogen-bond donors (Lipinski definition) is 0. The lowest BCUT2D eigenvalue weighted by Crippen LogP contribution is -3.00. The molecule has 0 aliphatic carbocycles. The summed E-state index contributed by atoms with van der Waals surface area (Å²) in [5, 5.41) is 0.700. The average molecular weight is 236 g/mol. The van der Waals surface area contributed by atoms with Crippen LogP contribution in [0.2, 0.25) is 0 Å². The number of benzene rings is 1. The van der Waals surface area contributed by atoms with Gasteiger partial charge in [0.2, 0.25) is 0 Å². The smallest absolute Gasteiger partial charge is 0.600 e. The Morgan fingerprint density at radius 3 is 2.33 bits per heavy atom. The topological polar surface area (TPSA) is 0 Å². The number of aryl methyl sites for hydroxylation is 1. The molecule has 0 amide bonds. The first-order valence-corrected chi connectivity index (χ1v) is 5.31. The fourth-order valence-corrected chi connectivity index (χ4v) is 3.33. The van der Waals surface area contributed by atoms with Crippen molar-refractivity contribution >= 4 is 20.6 Å². The van der Waals surface area contributed by atoms with Crippen molar-refractivity contribution in [2.75, 3.05) is 0 Å². The molecule has 0 bridgehead atoms. The van der Waals surface area contributed by atoms with Gasteiger partial charge in [-0.1, -0.05) is 12.1 Å². The number of rotatable bonds is 0. The second-order valence-electron chi connectivity index (χ2n) is 3.04. The zero-order valence-corrected chi connectivity index (χ0v) is 8.62. The molecule has 0 saturated heterocycles. The third kappa shape index (κ3) is 1.97. The second-order valence-corrected chi connectivity index (χ2v) is 5.20. The van der Waals surface area contributed by atoms with Crippen LogP contribution in [0.1, 0.15) is 4.88 Å². The van der Waals surface area contributed by atoms with Crippen LogP contribution < -0.4 is 4.70 Å². The van der Waals surface area contributed by atoms with Crippen LogP contribution in [0.25, 0.3) is 10.1 Å². The van der Waals surface area contributed by atoms with Crippen LogP contribution in [0.4, 0.5) is 13.2 Å². The molecule has 1 aromatic carbocycles. The van der Waals surface area contributed by atoms with Gasteiger partial charge in [-0.25, -0.2) is 0 Å². The van der Waals surface area contributed by atoms with Gasteiger partial charge >= 0.3 is 5.51 Å². The van der Waals surface area contributed by atoms with E-state index in [-0.39, 0.29) is 4.70 Å². The number of fused-ring (bicyclic) bond motifs is 1. The van der Waals surface area contributed by atoms with Gasteiger partial charge in [0.25, 0.3) is 0 Å². The molecule has 15 heavy (non-hydrogen) atoms. The van der Waals surface area contributed by atoms with E-state index < -0.39 is 16.0 Å². The van der Waals surface area contributed by atoms with Crippen LogP contribution in [-0.4, -0.2) is 0 Å². The fraction of sp³-hybridized carbons (Fsp3) is 0.200. The van der Waals surface area contributed by atoms with E-state index in [1.165, 1.54) is 6.92 Å². The summed E-state index contributed by atoms with van der Waals surface area (Å²) in [6, 6.07) is 8.30. The molecule has 5 heteroatoms. The number of alkyl halides is 3. The Bertz CT molecular complexity index is 470. The van der Waals surface area contributed by atoms with Gasteiger partial charge in [-0.15, -0.1) is 13.2 Å². The number of hydrogen-bond acceptors (Lipinski definition) is 0. The summed E-state index contributed by atoms with van der Waals surface area (Å²) in [5.74, 6) is 0. The Labute approximate surface area is 86.7 Å². The van der Waals surface area contributed by atoms with Crippen molar-refractivity contribution in [3.63, 3.8) is 0 Å². The molecule has 0 aliphatic heterocycles. The summed E-state index contributed by atoms with van der Waals surface area (Å²) in [6.45, 7) is 1.54. The Balaban J connectivity index is 0.00000112. The minimum Gasteiger partial charge on any atom is -1.00 e. The molecular weight excluding hydrogens is 228 g/mol. The van der Waals surface area contributed by atoms with Crippen LogP contribution >= 0.6 is 10.5 Å². The normalized spacial score (nSPS) is 12.7. The number of halogens is 4. The van der Waals surface area contributed by atoms with E-state index >= 15 is 0 Å². The van der Waals surface area contributed by atoms with Gasteiger partial charge in [-0.2, -0.15) is 0 Å². The van der Waals surface area contributed by atoms with Crippen LogP contribution in [-0.2, 0) is 5.51 Å². The molecular formula is C10H8F4S. The van der Waals surface area contributed by atoms with Gasteiger partial charge in [0.15, 0.2) is 9.58 Å². The molecule has 0 N–H and O–H groups in total. The molecule has 0 radical (unpaired) electrons. The largest absolute Gasteiger partial charge is 1.00 e. The molecule has 1 atom stereocenters. The Morgan fingerprint density at radius 1 is 1.13 bits per heavy atom. The van der Waals surface area contributed by atoms with Gasteiger partial charge < -0.3 is 4.70 Å². The Hall–Kier alpha value is -1.10. The van der Waals surface area contributed by atoms with Gasteiger partial charge in [0.1, 0.15) is 0 Å². The van der Waals surface area contributed by atoms with E-state index in [4.69, 9.17) is 0 Å². The van der Waals surface area contributed by atoms with Crippen molar-refractivity contribution in [3.8, 4) is 0 Å². The van der Waals surface area contributed by atoms with Gasteiger partial charge in [0.05, 0.1) is 10.5 Å². The molecule has 0 fully saturated rings. The maximum atomic E-state index is 12.7. The highest BCUT2D eigenvalue weighted by atomic mass is 32.2. The summed E-state index contributed by atoms with van der Waals surface area (Å²) in [4.78, 5) is 0.402. The summed E-state index contributed by atoms with van der Waals surface area (Å²) >= 11 is 0. The molecule has 1 unspecified atom stereocenters. The SMILES string of the molecule is Cc1cc2ccccc2[s+]1C(F)(F)F.[F-]. The van der Waals surface area contributed by atoms with Gasteiger partial charge in [0, 0.05) is 18.4 Å². The maximum Gasteiger partial charge on any atom is 0.600 e. The van der Waals surface area contributed by atoms with Crippen LogP contribution in [0.5, 0.6) is 0 Å². The predicted molar refractivity (Wildman–Crippen MR) is 52.5 cm³/mol. The summed E-state index contributed by atoms with van der Waals surface area (Å²) < 4.78 is 38.4. The molecule has 1 heterocycles. The van der Waals surface area contributed by atoms with Crippen molar-refractivity contribution in [3.05, 3.63) is 35.2 Å². The minimum absolute atomic E-state index is 0. The quantitative estimate of drug-likeness (QED) is 0.479. The van der Waals surface area contributed by atoms with E-state index in [1.807, 2.05) is 0 Å². The maximum absolute atomic E-state index is 12.7. The van der Waals surface area contributed by atoms with E-state index in [1.54, 1.807) is 30.3 Å². The first-order valence-electron chi connectivity index (χ1n) is 4.08. The number of thiophene rings is 1. The monoisotopic (exact) mass is 236 g/mol. The second kappa shape index (κ2) is 3.81. The highest BCUT2D eigenvalue weighted by molar-refractivity contribution is 7.38. The molecule has 0 spiro atoms. The van der Waals surface area contributed by atoms with Crippen molar-refractivity contribution in [2.45, 2.75) is 12.4 Å². The van der Waals surface area contributed by atoms with Crippen LogP contribution in [0, 0.1) is 6.92 Å². The fourth-order valence-electron chi connectivity index (χ4n) is 1.54. The van der Waals surface area contributed by atoms with E-state index in [9.17, 15) is 13.2 Å². The molecule has 0 nitrogen and oxygen atoms in total. The summed E-state index contributed by atoms with van der Waals surface area (Å²) in [5.41, 5.74) is -4.15. The third-order valence-corrected chi connectivity index (χ3v) is 4.09. The van der Waals surface area contributed by atoms with Crippen molar-refractivity contribution in [2.24, 2.45) is 0 Å². The van der Waals surface area contributed by atoms with Crippen LogP contribution in [0.15, 0.2) is 30.3 Å². The molecule has 2 rings (SSSR count). The summed E-state index contributed by atoms with van der Waals surface area (Å²) in [7, 11) is -1.70. The van der Waals surface area contributed by atoms with E-state index in [2.05, 4.69) is 0 Å². The van der Waals surface area contributed by atoms with E-state index in [0.29, 0.717) is 15.0 Å². The first kappa shape index (κ1) is 12.0. The molecule has 82 valence electrons. The van der Waals surface area contributed by atoms with Crippen molar-refractivity contribution < 1.29 is 17.9 Å². The lowest BCUT2D eigenvalue weighted by Gasteiger charge is -1.96. The molecule has 2 aromatic rings. The Kier molecular flexibility index (Phi) is 3.04. The highest BCUT2D eigenvalue weighted by Gasteiger charge is 2.46. The highest BCUT2D eigenvalue weighted by Crippen LogP contribution is 2.50. The average Bonchev–Trinajstić information content (AvgIpc) is 2.38. The zero-order chi connectivity index (χ0) is 10.3. The zero-order valence-electron chi connectivity index (χ0n) is 7.81. The minimum atomic E-state index is -4.15. The molecule has 0 aliphatic rings. The molecule has 0 saturated carbocycles. The van der Waals surface area contributed by atoms with Crippen molar-refractivity contribution in [1.29, 1.82) is 0 Å². The van der Waals surface area contributed by atoms with Gasteiger partial charge in [-0.3, -0.25) is 0 Å². The predicted octanol–water partition coefficient (Wildman–Crippen LogP) is 1.38. The standard InChI is InChI=1S/C10H8F3S.FH/c1-7-6-8-4-2-3-5-9(8)14(7)10(11,12)13;/h2-6H,1H3;1H/q+1;/p-1. The lowest BCUT2D eigenvalue weighted by molar-refractivity contribution is -0.0867. The van der Waals surface area contributed by atoms with E-state index in [0.717, 1.165) is 0 Å². The first-order chi connectivity index (χ1) is 6.50.